The van der Waals surface area contributed by atoms with E-state index in [4.69, 9.17) is 21.4 Å². The van der Waals surface area contributed by atoms with Gasteiger partial charge in [0, 0.05) is 19.0 Å². The second kappa shape index (κ2) is 5.60. The lowest BCUT2D eigenvalue weighted by atomic mass is 10.2. The highest BCUT2D eigenvalue weighted by atomic mass is 35.5. The van der Waals surface area contributed by atoms with Crippen LogP contribution in [0.3, 0.4) is 0 Å². The summed E-state index contributed by atoms with van der Waals surface area (Å²) in [7, 11) is 0. The summed E-state index contributed by atoms with van der Waals surface area (Å²) < 4.78 is 5.25. The molecule has 1 N–H and O–H groups in total. The lowest BCUT2D eigenvalue weighted by Crippen LogP contribution is -2.48. The maximum Gasteiger partial charge on any atom is 0.0644 e. The zero-order valence-corrected chi connectivity index (χ0v) is 8.46. The summed E-state index contributed by atoms with van der Waals surface area (Å²) in [5.41, 5.74) is 0.988. The number of aliphatic hydroxyl groups is 1. The van der Waals surface area contributed by atoms with Gasteiger partial charge in [0.25, 0.3) is 0 Å². The fourth-order valence-corrected chi connectivity index (χ4v) is 1.48. The largest absolute Gasteiger partial charge is 0.395 e. The number of rotatable bonds is 4. The summed E-state index contributed by atoms with van der Waals surface area (Å²) in [6.07, 6.45) is 0. The molecular formula is C9H16ClNO2. The van der Waals surface area contributed by atoms with Crippen molar-refractivity contribution >= 4 is 11.6 Å². The number of halogens is 1. The molecule has 0 aliphatic carbocycles. The van der Waals surface area contributed by atoms with Gasteiger partial charge in [-0.25, -0.2) is 0 Å². The maximum atomic E-state index is 9.06. The van der Waals surface area contributed by atoms with Gasteiger partial charge in [-0.1, -0.05) is 6.58 Å². The van der Waals surface area contributed by atoms with Crippen molar-refractivity contribution in [3.8, 4) is 0 Å². The van der Waals surface area contributed by atoms with Gasteiger partial charge in [-0.05, 0) is 5.57 Å². The molecule has 1 fully saturated rings. The highest BCUT2D eigenvalue weighted by Crippen LogP contribution is 2.09. The summed E-state index contributed by atoms with van der Waals surface area (Å²) in [5.74, 6) is 0.482. The molecule has 0 saturated carbocycles. The number of hydrogen-bond donors (Lipinski definition) is 1. The van der Waals surface area contributed by atoms with Gasteiger partial charge in [0.15, 0.2) is 0 Å². The van der Waals surface area contributed by atoms with Crippen LogP contribution in [0.5, 0.6) is 0 Å². The Bertz CT molecular complexity index is 175. The highest BCUT2D eigenvalue weighted by Gasteiger charge is 2.21. The Balaban J connectivity index is 2.40. The molecule has 1 aliphatic rings. The number of hydrogen-bond acceptors (Lipinski definition) is 3. The van der Waals surface area contributed by atoms with Crippen molar-refractivity contribution in [1.82, 2.24) is 4.90 Å². The molecule has 0 amide bonds. The van der Waals surface area contributed by atoms with Crippen molar-refractivity contribution in [2.75, 3.05) is 38.8 Å². The van der Waals surface area contributed by atoms with Crippen LogP contribution in [-0.4, -0.2) is 54.8 Å². The van der Waals surface area contributed by atoms with E-state index in [0.29, 0.717) is 12.5 Å². The molecule has 0 spiro atoms. The van der Waals surface area contributed by atoms with Crippen molar-refractivity contribution in [2.45, 2.75) is 6.04 Å². The summed E-state index contributed by atoms with van der Waals surface area (Å²) >= 11 is 5.64. The first kappa shape index (κ1) is 11.0. The Hall–Kier alpha value is -0.0900. The van der Waals surface area contributed by atoms with Crippen LogP contribution in [0.25, 0.3) is 0 Å². The average Bonchev–Trinajstić information content (AvgIpc) is 2.18. The van der Waals surface area contributed by atoms with Crippen LogP contribution in [0.15, 0.2) is 12.2 Å². The van der Waals surface area contributed by atoms with Crippen LogP contribution in [0.4, 0.5) is 0 Å². The second-order valence-corrected chi connectivity index (χ2v) is 3.53. The molecule has 1 heterocycles. The lowest BCUT2D eigenvalue weighted by molar-refractivity contribution is -0.0229. The molecule has 1 rings (SSSR count). The van der Waals surface area contributed by atoms with Crippen molar-refractivity contribution in [1.29, 1.82) is 0 Å². The first-order valence-electron chi connectivity index (χ1n) is 4.43. The van der Waals surface area contributed by atoms with Crippen molar-refractivity contribution in [2.24, 2.45) is 0 Å². The third-order valence-corrected chi connectivity index (χ3v) is 2.55. The van der Waals surface area contributed by atoms with Gasteiger partial charge in [-0.15, -0.1) is 11.6 Å². The van der Waals surface area contributed by atoms with E-state index >= 15 is 0 Å². The zero-order chi connectivity index (χ0) is 9.68. The SMILES string of the molecule is C=C(CCl)CN1CCOCC1CO. The second-order valence-electron chi connectivity index (χ2n) is 3.27. The van der Waals surface area contributed by atoms with Crippen LogP contribution in [0, 0.1) is 0 Å². The van der Waals surface area contributed by atoms with Gasteiger partial charge in [0.05, 0.1) is 25.9 Å². The molecule has 1 saturated heterocycles. The minimum Gasteiger partial charge on any atom is -0.395 e. The Kier molecular flexibility index (Phi) is 4.73. The quantitative estimate of drug-likeness (QED) is 0.535. The highest BCUT2D eigenvalue weighted by molar-refractivity contribution is 6.19. The predicted octanol–water partition coefficient (Wildman–Crippen LogP) is 0.475. The van der Waals surface area contributed by atoms with Gasteiger partial charge in [0.1, 0.15) is 0 Å². The van der Waals surface area contributed by atoms with E-state index < -0.39 is 0 Å². The molecule has 4 heteroatoms. The molecule has 0 aromatic carbocycles. The molecule has 0 bridgehead atoms. The minimum absolute atomic E-state index is 0.105. The monoisotopic (exact) mass is 205 g/mol. The van der Waals surface area contributed by atoms with E-state index in [9.17, 15) is 0 Å². The van der Waals surface area contributed by atoms with E-state index in [1.54, 1.807) is 0 Å². The Morgan fingerprint density at radius 1 is 1.69 bits per heavy atom. The van der Waals surface area contributed by atoms with Crippen LogP contribution in [0.2, 0.25) is 0 Å². The van der Waals surface area contributed by atoms with Crippen LogP contribution in [-0.2, 0) is 4.74 Å². The van der Waals surface area contributed by atoms with E-state index in [1.807, 2.05) is 0 Å². The average molecular weight is 206 g/mol. The summed E-state index contributed by atoms with van der Waals surface area (Å²) in [5, 5.41) is 9.06. The lowest BCUT2D eigenvalue weighted by Gasteiger charge is -2.34. The molecule has 13 heavy (non-hydrogen) atoms. The number of alkyl halides is 1. The topological polar surface area (TPSA) is 32.7 Å². The molecule has 1 atom stereocenters. The fourth-order valence-electron chi connectivity index (χ4n) is 1.39. The molecular weight excluding hydrogens is 190 g/mol. The number of ether oxygens (including phenoxy) is 1. The molecule has 0 radical (unpaired) electrons. The normalized spacial score (nSPS) is 24.6. The van der Waals surface area contributed by atoms with E-state index in [0.717, 1.165) is 25.3 Å². The third-order valence-electron chi connectivity index (χ3n) is 2.18. The first-order chi connectivity index (χ1) is 6.27. The smallest absolute Gasteiger partial charge is 0.0644 e. The molecule has 1 aliphatic heterocycles. The standard InChI is InChI=1S/C9H16ClNO2/c1-8(4-10)5-11-2-3-13-7-9(11)6-12/h9,12H,1-7H2. The number of morpholine rings is 1. The number of aliphatic hydroxyl groups excluding tert-OH is 1. The van der Waals surface area contributed by atoms with Crippen LogP contribution < -0.4 is 0 Å². The summed E-state index contributed by atoms with van der Waals surface area (Å²) in [6.45, 7) is 6.92. The van der Waals surface area contributed by atoms with Crippen molar-refractivity contribution in [3.05, 3.63) is 12.2 Å². The Labute approximate surface area is 83.9 Å². The Morgan fingerprint density at radius 2 is 2.46 bits per heavy atom. The van der Waals surface area contributed by atoms with Gasteiger partial charge < -0.3 is 9.84 Å². The molecule has 76 valence electrons. The van der Waals surface area contributed by atoms with Gasteiger partial charge >= 0.3 is 0 Å². The fraction of sp³-hybridized carbons (Fsp3) is 0.778. The van der Waals surface area contributed by atoms with E-state index in [2.05, 4.69) is 11.5 Å². The molecule has 0 aromatic rings. The van der Waals surface area contributed by atoms with Gasteiger partial charge in [-0.2, -0.15) is 0 Å². The number of nitrogens with zero attached hydrogens (tertiary/aromatic N) is 1. The summed E-state index contributed by atoms with van der Waals surface area (Å²) in [4.78, 5) is 2.16. The molecule has 0 aromatic heterocycles. The van der Waals surface area contributed by atoms with Crippen molar-refractivity contribution in [3.63, 3.8) is 0 Å². The van der Waals surface area contributed by atoms with Crippen molar-refractivity contribution < 1.29 is 9.84 Å². The van der Waals surface area contributed by atoms with Gasteiger partial charge in [0.2, 0.25) is 0 Å². The molecule has 3 nitrogen and oxygen atoms in total. The first-order valence-corrected chi connectivity index (χ1v) is 4.96. The maximum absolute atomic E-state index is 9.06. The zero-order valence-electron chi connectivity index (χ0n) is 7.71. The minimum atomic E-state index is 0.105. The van der Waals surface area contributed by atoms with Crippen LogP contribution >= 0.6 is 11.6 Å². The Morgan fingerprint density at radius 3 is 3.08 bits per heavy atom. The molecule has 1 unspecified atom stereocenters. The van der Waals surface area contributed by atoms with E-state index in [1.165, 1.54) is 0 Å². The summed E-state index contributed by atoms with van der Waals surface area (Å²) in [6, 6.07) is 0.105. The van der Waals surface area contributed by atoms with Gasteiger partial charge in [-0.3, -0.25) is 4.90 Å². The predicted molar refractivity (Wildman–Crippen MR) is 53.1 cm³/mol. The third kappa shape index (κ3) is 3.27. The van der Waals surface area contributed by atoms with Crippen LogP contribution in [0.1, 0.15) is 0 Å². The van der Waals surface area contributed by atoms with E-state index in [-0.39, 0.29) is 12.6 Å².